The molecule has 0 saturated heterocycles. The number of carbonyl (C=O) groups excluding carboxylic acids is 1. The van der Waals surface area contributed by atoms with Gasteiger partial charge in [0.1, 0.15) is 11.3 Å². The first-order valence-corrected chi connectivity index (χ1v) is 7.11. The number of urea groups is 1. The van der Waals surface area contributed by atoms with Gasteiger partial charge in [0.25, 0.3) is 0 Å². The van der Waals surface area contributed by atoms with Crippen molar-refractivity contribution in [2.45, 2.75) is 19.9 Å². The van der Waals surface area contributed by atoms with Crippen molar-refractivity contribution in [2.75, 3.05) is 13.6 Å². The van der Waals surface area contributed by atoms with Gasteiger partial charge in [-0.05, 0) is 19.1 Å². The van der Waals surface area contributed by atoms with Crippen molar-refractivity contribution in [1.82, 2.24) is 10.2 Å². The molecule has 0 bridgehead atoms. The van der Waals surface area contributed by atoms with Crippen LogP contribution in [0.15, 0.2) is 34.7 Å². The Labute approximate surface area is 128 Å². The van der Waals surface area contributed by atoms with Crippen LogP contribution in [-0.4, -0.2) is 35.6 Å². The number of aliphatic carboxylic acids is 1. The first-order chi connectivity index (χ1) is 10.4. The van der Waals surface area contributed by atoms with Crippen molar-refractivity contribution in [2.24, 2.45) is 5.92 Å². The van der Waals surface area contributed by atoms with Crippen molar-refractivity contribution in [3.63, 3.8) is 0 Å². The summed E-state index contributed by atoms with van der Waals surface area (Å²) < 4.78 is 5.70. The van der Waals surface area contributed by atoms with Crippen LogP contribution in [0.1, 0.15) is 25.6 Å². The number of nitrogens with zero attached hydrogens (tertiary/aromatic N) is 1. The Bertz CT molecular complexity index is 647. The molecule has 1 heterocycles. The second-order valence-electron chi connectivity index (χ2n) is 5.48. The number of furan rings is 1. The molecule has 2 atom stereocenters. The number of carbonyl (C=O) groups is 2. The Morgan fingerprint density at radius 2 is 2.00 bits per heavy atom. The first-order valence-electron chi connectivity index (χ1n) is 7.11. The minimum absolute atomic E-state index is 0.147. The summed E-state index contributed by atoms with van der Waals surface area (Å²) in [4.78, 5) is 24.3. The van der Waals surface area contributed by atoms with E-state index in [-0.39, 0.29) is 18.6 Å². The molecule has 6 heteroatoms. The summed E-state index contributed by atoms with van der Waals surface area (Å²) in [6, 6.07) is 8.88. The molecule has 0 aliphatic heterocycles. The summed E-state index contributed by atoms with van der Waals surface area (Å²) in [6.45, 7) is 3.53. The van der Waals surface area contributed by atoms with Gasteiger partial charge in [-0.3, -0.25) is 4.79 Å². The molecule has 2 aromatic rings. The molecule has 22 heavy (non-hydrogen) atoms. The van der Waals surface area contributed by atoms with Crippen molar-refractivity contribution in [3.05, 3.63) is 36.1 Å². The molecule has 1 aromatic carbocycles. The van der Waals surface area contributed by atoms with Crippen molar-refractivity contribution >= 4 is 23.0 Å². The summed E-state index contributed by atoms with van der Waals surface area (Å²) in [6.07, 6.45) is 0. The molecule has 2 amide bonds. The zero-order valence-corrected chi connectivity index (χ0v) is 12.9. The van der Waals surface area contributed by atoms with Gasteiger partial charge in [0.2, 0.25) is 0 Å². The van der Waals surface area contributed by atoms with Gasteiger partial charge in [0.05, 0.1) is 12.0 Å². The second-order valence-corrected chi connectivity index (χ2v) is 5.48. The van der Waals surface area contributed by atoms with Crippen molar-refractivity contribution < 1.29 is 19.1 Å². The lowest BCUT2D eigenvalue weighted by Crippen LogP contribution is -2.41. The Morgan fingerprint density at radius 1 is 1.32 bits per heavy atom. The van der Waals surface area contributed by atoms with Gasteiger partial charge in [-0.15, -0.1) is 0 Å². The fraction of sp³-hybridized carbons (Fsp3) is 0.375. The Kier molecular flexibility index (Phi) is 4.70. The summed E-state index contributed by atoms with van der Waals surface area (Å²) in [5.74, 6) is -0.878. The zero-order valence-electron chi connectivity index (χ0n) is 12.9. The van der Waals surface area contributed by atoms with E-state index in [0.717, 1.165) is 11.0 Å². The highest BCUT2D eigenvalue weighted by Crippen LogP contribution is 2.23. The Morgan fingerprint density at radius 3 is 2.64 bits per heavy atom. The van der Waals surface area contributed by atoms with E-state index >= 15 is 0 Å². The van der Waals surface area contributed by atoms with Crippen LogP contribution < -0.4 is 5.32 Å². The SMILES string of the molecule is CC(CN(C)C(=O)NC(C)c1cc2ccccc2o1)C(=O)O. The molecule has 118 valence electrons. The highest BCUT2D eigenvalue weighted by Gasteiger charge is 2.20. The summed E-state index contributed by atoms with van der Waals surface area (Å²) in [7, 11) is 1.57. The molecule has 0 saturated carbocycles. The van der Waals surface area contributed by atoms with Crippen LogP contribution in [-0.2, 0) is 4.79 Å². The van der Waals surface area contributed by atoms with Crippen LogP contribution in [0.25, 0.3) is 11.0 Å². The Hall–Kier alpha value is -2.50. The van der Waals surface area contributed by atoms with E-state index in [1.165, 1.54) is 4.90 Å². The highest BCUT2D eigenvalue weighted by atomic mass is 16.4. The molecule has 2 unspecified atom stereocenters. The maximum absolute atomic E-state index is 12.1. The summed E-state index contributed by atoms with van der Waals surface area (Å²) in [5.41, 5.74) is 0.770. The fourth-order valence-electron chi connectivity index (χ4n) is 2.15. The van der Waals surface area contributed by atoms with Crippen molar-refractivity contribution in [1.29, 1.82) is 0 Å². The van der Waals surface area contributed by atoms with Crippen LogP contribution in [0.3, 0.4) is 0 Å². The van der Waals surface area contributed by atoms with E-state index in [4.69, 9.17) is 9.52 Å². The monoisotopic (exact) mass is 304 g/mol. The molecule has 0 radical (unpaired) electrons. The predicted molar refractivity (Wildman–Crippen MR) is 82.6 cm³/mol. The average Bonchev–Trinajstić information content (AvgIpc) is 2.90. The normalized spacial score (nSPS) is 13.6. The number of carboxylic acids is 1. The first kappa shape index (κ1) is 15.9. The van der Waals surface area contributed by atoms with E-state index in [1.807, 2.05) is 37.3 Å². The van der Waals surface area contributed by atoms with Gasteiger partial charge in [-0.2, -0.15) is 0 Å². The van der Waals surface area contributed by atoms with Gasteiger partial charge in [0.15, 0.2) is 0 Å². The molecule has 2 rings (SSSR count). The number of rotatable bonds is 5. The van der Waals surface area contributed by atoms with Crippen LogP contribution >= 0.6 is 0 Å². The van der Waals surface area contributed by atoms with E-state index in [0.29, 0.717) is 5.76 Å². The molecular formula is C16H20N2O4. The molecule has 0 aliphatic rings. The average molecular weight is 304 g/mol. The van der Waals surface area contributed by atoms with E-state index < -0.39 is 11.9 Å². The third kappa shape index (κ3) is 3.58. The van der Waals surface area contributed by atoms with Gasteiger partial charge >= 0.3 is 12.0 Å². The number of carboxylic acid groups (broad SMARTS) is 1. The number of nitrogens with one attached hydrogen (secondary N) is 1. The molecule has 1 aromatic heterocycles. The molecule has 0 fully saturated rings. The highest BCUT2D eigenvalue weighted by molar-refractivity contribution is 5.79. The molecule has 0 aliphatic carbocycles. The lowest BCUT2D eigenvalue weighted by Gasteiger charge is -2.22. The molecule has 0 spiro atoms. The van der Waals surface area contributed by atoms with E-state index in [1.54, 1.807) is 14.0 Å². The largest absolute Gasteiger partial charge is 0.481 e. The number of benzene rings is 1. The van der Waals surface area contributed by atoms with Gasteiger partial charge in [-0.1, -0.05) is 25.1 Å². The van der Waals surface area contributed by atoms with E-state index in [9.17, 15) is 9.59 Å². The lowest BCUT2D eigenvalue weighted by atomic mass is 10.2. The fourth-order valence-corrected chi connectivity index (χ4v) is 2.15. The third-order valence-electron chi connectivity index (χ3n) is 3.53. The number of para-hydroxylation sites is 1. The number of amides is 2. The quantitative estimate of drug-likeness (QED) is 0.889. The summed E-state index contributed by atoms with van der Waals surface area (Å²) >= 11 is 0. The van der Waals surface area contributed by atoms with Crippen LogP contribution in [0.4, 0.5) is 4.79 Å². The third-order valence-corrected chi connectivity index (χ3v) is 3.53. The topological polar surface area (TPSA) is 82.8 Å². The van der Waals surface area contributed by atoms with Crippen LogP contribution in [0.2, 0.25) is 0 Å². The van der Waals surface area contributed by atoms with Crippen LogP contribution in [0.5, 0.6) is 0 Å². The zero-order chi connectivity index (χ0) is 16.3. The van der Waals surface area contributed by atoms with Gasteiger partial charge in [0, 0.05) is 19.0 Å². The second kappa shape index (κ2) is 6.51. The Balaban J connectivity index is 1.99. The van der Waals surface area contributed by atoms with Gasteiger partial charge < -0.3 is 19.7 Å². The molecule has 2 N–H and O–H groups in total. The minimum Gasteiger partial charge on any atom is -0.481 e. The number of hydrogen-bond acceptors (Lipinski definition) is 3. The van der Waals surface area contributed by atoms with Gasteiger partial charge in [-0.25, -0.2) is 4.79 Å². The van der Waals surface area contributed by atoms with Crippen LogP contribution in [0, 0.1) is 5.92 Å². The number of fused-ring (bicyclic) bond motifs is 1. The maximum Gasteiger partial charge on any atom is 0.317 e. The minimum atomic E-state index is -0.926. The summed E-state index contributed by atoms with van der Waals surface area (Å²) in [5, 5.41) is 12.7. The standard InChI is InChI=1S/C16H20N2O4/c1-10(15(19)20)9-18(3)16(21)17-11(2)14-8-12-6-4-5-7-13(12)22-14/h4-8,10-11H,9H2,1-3H3,(H,17,21)(H,19,20). The lowest BCUT2D eigenvalue weighted by molar-refractivity contribution is -0.141. The maximum atomic E-state index is 12.1. The smallest absolute Gasteiger partial charge is 0.317 e. The van der Waals surface area contributed by atoms with Crippen molar-refractivity contribution in [3.8, 4) is 0 Å². The van der Waals surface area contributed by atoms with E-state index in [2.05, 4.69) is 5.32 Å². The molecular weight excluding hydrogens is 284 g/mol. The predicted octanol–water partition coefficient (Wildman–Crippen LogP) is 2.86. The number of hydrogen-bond donors (Lipinski definition) is 2. The molecule has 6 nitrogen and oxygen atoms in total.